The van der Waals surface area contributed by atoms with Crippen molar-refractivity contribution in [1.82, 2.24) is 5.43 Å². The highest BCUT2D eigenvalue weighted by molar-refractivity contribution is 5.95. The molecule has 7 nitrogen and oxygen atoms in total. The molecule has 0 bridgehead atoms. The Morgan fingerprint density at radius 3 is 2.58 bits per heavy atom. The Hall–Kier alpha value is -4.31. The molecular formula is C26H25N3O4. The van der Waals surface area contributed by atoms with Crippen molar-refractivity contribution in [2.45, 2.75) is 20.0 Å². The van der Waals surface area contributed by atoms with Gasteiger partial charge in [-0.15, -0.1) is 0 Å². The van der Waals surface area contributed by atoms with Crippen molar-refractivity contribution in [3.05, 3.63) is 89.0 Å². The van der Waals surface area contributed by atoms with Gasteiger partial charge in [0.1, 0.15) is 12.4 Å². The van der Waals surface area contributed by atoms with Crippen molar-refractivity contribution in [2.75, 3.05) is 13.7 Å². The van der Waals surface area contributed by atoms with Gasteiger partial charge in [0.25, 0.3) is 5.91 Å². The number of nitriles is 1. The highest BCUT2D eigenvalue weighted by Gasteiger charge is 2.08. The monoisotopic (exact) mass is 443 g/mol. The number of rotatable bonds is 10. The van der Waals surface area contributed by atoms with Gasteiger partial charge in [0.2, 0.25) is 0 Å². The minimum atomic E-state index is -0.323. The van der Waals surface area contributed by atoms with Crippen LogP contribution in [-0.2, 0) is 6.61 Å². The molecular weight excluding hydrogens is 418 g/mol. The zero-order valence-corrected chi connectivity index (χ0v) is 18.6. The molecule has 3 aromatic rings. The summed E-state index contributed by atoms with van der Waals surface area (Å²) in [5.41, 5.74) is 5.07. The molecule has 3 aromatic carbocycles. The molecule has 0 spiro atoms. The first-order valence-corrected chi connectivity index (χ1v) is 10.5. The van der Waals surface area contributed by atoms with Crippen LogP contribution in [0.1, 0.15) is 40.4 Å². The van der Waals surface area contributed by atoms with Gasteiger partial charge in [-0.25, -0.2) is 5.43 Å². The molecule has 33 heavy (non-hydrogen) atoms. The first-order valence-electron chi connectivity index (χ1n) is 10.5. The lowest BCUT2D eigenvalue weighted by atomic mass is 10.1. The zero-order chi connectivity index (χ0) is 23.5. The molecule has 0 unspecified atom stereocenters. The first-order chi connectivity index (χ1) is 16.1. The number of benzene rings is 3. The number of nitrogens with zero attached hydrogens (tertiary/aromatic N) is 2. The van der Waals surface area contributed by atoms with Crippen LogP contribution in [0.3, 0.4) is 0 Å². The molecule has 7 heteroatoms. The fourth-order valence-corrected chi connectivity index (χ4v) is 2.95. The van der Waals surface area contributed by atoms with E-state index < -0.39 is 0 Å². The summed E-state index contributed by atoms with van der Waals surface area (Å²) in [5, 5.41) is 13.2. The average molecular weight is 444 g/mol. The van der Waals surface area contributed by atoms with E-state index in [0.717, 1.165) is 23.3 Å². The molecule has 1 amide bonds. The van der Waals surface area contributed by atoms with Crippen molar-refractivity contribution >= 4 is 12.1 Å². The lowest BCUT2D eigenvalue weighted by molar-refractivity contribution is 0.0955. The Labute approximate surface area is 193 Å². The molecule has 0 radical (unpaired) electrons. The lowest BCUT2D eigenvalue weighted by Gasteiger charge is -2.12. The molecule has 3 rings (SSSR count). The third-order valence-electron chi connectivity index (χ3n) is 4.68. The van der Waals surface area contributed by atoms with Gasteiger partial charge in [0.05, 0.1) is 31.6 Å². The summed E-state index contributed by atoms with van der Waals surface area (Å²) >= 11 is 0. The SMILES string of the molecule is CCCOc1ccc(C(=O)N/N=C/c2ccc(OCc3ccccc3C#N)c(OC)c2)cc1. The Balaban J connectivity index is 1.59. The van der Waals surface area contributed by atoms with Gasteiger partial charge >= 0.3 is 0 Å². The van der Waals surface area contributed by atoms with Crippen molar-refractivity contribution in [1.29, 1.82) is 5.26 Å². The number of carbonyl (C=O) groups is 1. The van der Waals surface area contributed by atoms with Crippen LogP contribution in [0.2, 0.25) is 0 Å². The minimum absolute atomic E-state index is 0.242. The number of nitrogens with one attached hydrogen (secondary N) is 1. The highest BCUT2D eigenvalue weighted by Crippen LogP contribution is 2.28. The van der Waals surface area contributed by atoms with Gasteiger partial charge in [-0.2, -0.15) is 10.4 Å². The summed E-state index contributed by atoms with van der Waals surface area (Å²) in [6.07, 6.45) is 2.44. The number of hydrogen-bond acceptors (Lipinski definition) is 6. The molecule has 0 aliphatic rings. The van der Waals surface area contributed by atoms with Crippen LogP contribution in [0, 0.1) is 11.3 Å². The van der Waals surface area contributed by atoms with Gasteiger partial charge in [-0.1, -0.05) is 25.1 Å². The standard InChI is InChI=1S/C26H25N3O4/c1-3-14-32-23-11-9-20(10-12-23)26(30)29-28-17-19-8-13-24(25(15-19)31-2)33-18-22-7-5-4-6-21(22)16-27/h4-13,15,17H,3,14,18H2,1-2H3,(H,29,30)/b28-17+. The summed E-state index contributed by atoms with van der Waals surface area (Å²) in [4.78, 5) is 12.3. The summed E-state index contributed by atoms with van der Waals surface area (Å²) < 4.78 is 16.8. The van der Waals surface area contributed by atoms with Crippen molar-refractivity contribution < 1.29 is 19.0 Å². The normalized spacial score (nSPS) is 10.5. The minimum Gasteiger partial charge on any atom is -0.494 e. The van der Waals surface area contributed by atoms with Crippen LogP contribution >= 0.6 is 0 Å². The summed E-state index contributed by atoms with van der Waals surface area (Å²) in [7, 11) is 1.54. The number of ether oxygens (including phenoxy) is 3. The van der Waals surface area contributed by atoms with Crippen LogP contribution in [0.4, 0.5) is 0 Å². The summed E-state index contributed by atoms with van der Waals surface area (Å²) in [5.74, 6) is 1.46. The van der Waals surface area contributed by atoms with Crippen molar-refractivity contribution in [3.63, 3.8) is 0 Å². The van der Waals surface area contributed by atoms with Gasteiger partial charge in [-0.3, -0.25) is 4.79 Å². The van der Waals surface area contributed by atoms with E-state index in [9.17, 15) is 10.1 Å². The van der Waals surface area contributed by atoms with Crippen LogP contribution in [-0.4, -0.2) is 25.8 Å². The number of hydrazone groups is 1. The van der Waals surface area contributed by atoms with E-state index >= 15 is 0 Å². The van der Waals surface area contributed by atoms with E-state index in [2.05, 4.69) is 16.6 Å². The second-order valence-corrected chi connectivity index (χ2v) is 7.04. The van der Waals surface area contributed by atoms with E-state index in [4.69, 9.17) is 14.2 Å². The average Bonchev–Trinajstić information content (AvgIpc) is 2.86. The molecule has 0 aliphatic carbocycles. The van der Waals surface area contributed by atoms with E-state index in [1.807, 2.05) is 25.1 Å². The second kappa shape index (κ2) is 11.9. The molecule has 0 saturated carbocycles. The predicted molar refractivity (Wildman–Crippen MR) is 126 cm³/mol. The van der Waals surface area contributed by atoms with Crippen LogP contribution < -0.4 is 19.6 Å². The summed E-state index contributed by atoms with van der Waals surface area (Å²) in [6, 6.07) is 21.6. The van der Waals surface area contributed by atoms with Crippen LogP contribution in [0.5, 0.6) is 17.2 Å². The largest absolute Gasteiger partial charge is 0.494 e. The molecule has 0 heterocycles. The molecule has 0 atom stereocenters. The zero-order valence-electron chi connectivity index (χ0n) is 18.6. The first kappa shape index (κ1) is 23.4. The van der Waals surface area contributed by atoms with Crippen molar-refractivity contribution in [3.8, 4) is 23.3 Å². The maximum absolute atomic E-state index is 12.3. The van der Waals surface area contributed by atoms with Gasteiger partial charge in [-0.05, 0) is 60.5 Å². The fourth-order valence-electron chi connectivity index (χ4n) is 2.95. The van der Waals surface area contributed by atoms with Gasteiger partial charge < -0.3 is 14.2 Å². The number of amides is 1. The summed E-state index contributed by atoms with van der Waals surface area (Å²) in [6.45, 7) is 2.91. The van der Waals surface area contributed by atoms with Crippen molar-refractivity contribution in [2.24, 2.45) is 5.10 Å². The Bertz CT molecular complexity index is 1150. The third-order valence-corrected chi connectivity index (χ3v) is 4.68. The van der Waals surface area contributed by atoms with E-state index in [1.54, 1.807) is 55.6 Å². The molecule has 0 saturated heterocycles. The van der Waals surface area contributed by atoms with Crippen LogP contribution in [0.15, 0.2) is 71.8 Å². The molecule has 1 N–H and O–H groups in total. The quantitative estimate of drug-likeness (QED) is 0.362. The maximum atomic E-state index is 12.3. The van der Waals surface area contributed by atoms with E-state index in [1.165, 1.54) is 6.21 Å². The third kappa shape index (κ3) is 6.58. The molecule has 0 fully saturated rings. The maximum Gasteiger partial charge on any atom is 0.271 e. The number of carbonyl (C=O) groups excluding carboxylic acids is 1. The predicted octanol–water partition coefficient (Wildman–Crippen LogP) is 4.70. The molecule has 168 valence electrons. The Morgan fingerprint density at radius 2 is 1.85 bits per heavy atom. The Kier molecular flexibility index (Phi) is 8.43. The topological polar surface area (TPSA) is 92.9 Å². The lowest BCUT2D eigenvalue weighted by Crippen LogP contribution is -2.17. The number of hydrogen-bond donors (Lipinski definition) is 1. The highest BCUT2D eigenvalue weighted by atomic mass is 16.5. The smallest absolute Gasteiger partial charge is 0.271 e. The van der Waals surface area contributed by atoms with Gasteiger partial charge in [0.15, 0.2) is 11.5 Å². The number of methoxy groups -OCH3 is 1. The van der Waals surface area contributed by atoms with E-state index in [-0.39, 0.29) is 12.5 Å². The van der Waals surface area contributed by atoms with E-state index in [0.29, 0.717) is 29.2 Å². The Morgan fingerprint density at radius 1 is 1.06 bits per heavy atom. The fraction of sp³-hybridized carbons (Fsp3) is 0.192. The van der Waals surface area contributed by atoms with Crippen LogP contribution in [0.25, 0.3) is 0 Å². The van der Waals surface area contributed by atoms with Gasteiger partial charge in [0, 0.05) is 11.1 Å². The molecule has 0 aromatic heterocycles. The molecule has 0 aliphatic heterocycles. The second-order valence-electron chi connectivity index (χ2n) is 7.04.